The maximum absolute atomic E-state index is 12.9. The molecule has 1 rings (SSSR count). The summed E-state index contributed by atoms with van der Waals surface area (Å²) in [5.41, 5.74) is -1.25. The Kier molecular flexibility index (Phi) is 5.83. The van der Waals surface area contributed by atoms with Crippen LogP contribution in [0.3, 0.4) is 0 Å². The van der Waals surface area contributed by atoms with E-state index in [0.717, 1.165) is 18.6 Å². The summed E-state index contributed by atoms with van der Waals surface area (Å²) in [6.07, 6.45) is -3.61. The first kappa shape index (κ1) is 17.6. The van der Waals surface area contributed by atoms with Crippen LogP contribution in [0.4, 0.5) is 24.8 Å². The van der Waals surface area contributed by atoms with E-state index in [9.17, 15) is 13.2 Å². The van der Waals surface area contributed by atoms with Crippen molar-refractivity contribution in [3.8, 4) is 0 Å². The molecule has 21 heavy (non-hydrogen) atoms. The Balaban J connectivity index is 3.07. The van der Waals surface area contributed by atoms with Crippen molar-refractivity contribution in [2.45, 2.75) is 38.9 Å². The quantitative estimate of drug-likeness (QED) is 0.805. The zero-order valence-electron chi connectivity index (χ0n) is 12.8. The molecular formula is C14H22F3N3O. The number of halogens is 3. The molecule has 7 heteroatoms. The summed E-state index contributed by atoms with van der Waals surface area (Å²) in [7, 11) is 1.54. The lowest BCUT2D eigenvalue weighted by Gasteiger charge is -2.26. The second-order valence-corrected chi connectivity index (χ2v) is 5.49. The third-order valence-electron chi connectivity index (χ3n) is 2.68. The number of aromatic nitrogens is 1. The zero-order valence-corrected chi connectivity index (χ0v) is 12.8. The zero-order chi connectivity index (χ0) is 16.1. The van der Waals surface area contributed by atoms with Gasteiger partial charge in [0, 0.05) is 13.7 Å². The number of anilines is 2. The van der Waals surface area contributed by atoms with Crippen LogP contribution in [0.1, 0.15) is 32.8 Å². The fourth-order valence-corrected chi connectivity index (χ4v) is 1.85. The van der Waals surface area contributed by atoms with Crippen LogP contribution in [0.15, 0.2) is 12.1 Å². The van der Waals surface area contributed by atoms with Crippen molar-refractivity contribution in [2.24, 2.45) is 0 Å². The smallest absolute Gasteiger partial charge is 0.382 e. The molecule has 0 spiro atoms. The van der Waals surface area contributed by atoms with Crippen molar-refractivity contribution in [1.29, 1.82) is 0 Å². The number of rotatable bonds is 7. The van der Waals surface area contributed by atoms with Gasteiger partial charge in [0.2, 0.25) is 0 Å². The molecule has 0 aliphatic rings. The summed E-state index contributed by atoms with van der Waals surface area (Å²) in [6, 6.07) is 2.03. The number of pyridine rings is 1. The molecule has 1 aromatic rings. The van der Waals surface area contributed by atoms with Gasteiger partial charge in [-0.15, -0.1) is 0 Å². The molecule has 0 aromatic carbocycles. The Hall–Kier alpha value is -1.50. The Morgan fingerprint density at radius 3 is 2.33 bits per heavy atom. The van der Waals surface area contributed by atoms with E-state index in [1.54, 1.807) is 0 Å². The molecule has 0 aliphatic carbocycles. The fourth-order valence-electron chi connectivity index (χ4n) is 1.85. The van der Waals surface area contributed by atoms with Crippen LogP contribution in [0, 0.1) is 0 Å². The number of methoxy groups -OCH3 is 1. The van der Waals surface area contributed by atoms with Gasteiger partial charge >= 0.3 is 6.18 Å². The van der Waals surface area contributed by atoms with Crippen molar-refractivity contribution < 1.29 is 17.9 Å². The predicted octanol–water partition coefficient (Wildman–Crippen LogP) is 3.76. The van der Waals surface area contributed by atoms with Crippen molar-refractivity contribution >= 4 is 11.6 Å². The first-order valence-corrected chi connectivity index (χ1v) is 6.78. The third-order valence-corrected chi connectivity index (χ3v) is 2.68. The Morgan fingerprint density at radius 2 is 1.81 bits per heavy atom. The van der Waals surface area contributed by atoms with E-state index in [0.29, 0.717) is 13.2 Å². The highest BCUT2D eigenvalue weighted by molar-refractivity contribution is 5.50. The first-order chi connectivity index (χ1) is 9.68. The lowest BCUT2D eigenvalue weighted by atomic mass is 10.1. The molecule has 0 radical (unpaired) electrons. The normalized spacial score (nSPS) is 12.3. The number of ether oxygens (including phenoxy) is 1. The maximum Gasteiger partial charge on any atom is 0.416 e. The molecule has 2 N–H and O–H groups in total. The highest BCUT2D eigenvalue weighted by Crippen LogP contribution is 2.32. The van der Waals surface area contributed by atoms with Gasteiger partial charge in [0.05, 0.1) is 17.7 Å². The van der Waals surface area contributed by atoms with Crippen LogP contribution < -0.4 is 10.6 Å². The second-order valence-electron chi connectivity index (χ2n) is 5.49. The van der Waals surface area contributed by atoms with Gasteiger partial charge in [0.25, 0.3) is 0 Å². The summed E-state index contributed by atoms with van der Waals surface area (Å²) < 4.78 is 43.9. The van der Waals surface area contributed by atoms with Gasteiger partial charge < -0.3 is 15.4 Å². The van der Waals surface area contributed by atoms with Gasteiger partial charge in [-0.25, -0.2) is 4.98 Å². The lowest BCUT2D eigenvalue weighted by molar-refractivity contribution is -0.137. The molecule has 0 bridgehead atoms. The molecule has 0 fully saturated rings. The largest absolute Gasteiger partial charge is 0.416 e. The second kappa shape index (κ2) is 6.98. The number of nitrogens with one attached hydrogen (secondary N) is 2. The van der Waals surface area contributed by atoms with Gasteiger partial charge in [-0.1, -0.05) is 6.92 Å². The molecule has 120 valence electrons. The SMILES string of the molecule is CCCNc1cc(C(F)(F)F)cc(NC(C)(C)COC)n1. The molecule has 0 amide bonds. The van der Waals surface area contributed by atoms with E-state index in [2.05, 4.69) is 15.6 Å². The Morgan fingerprint density at radius 1 is 1.19 bits per heavy atom. The molecule has 0 saturated carbocycles. The van der Waals surface area contributed by atoms with Crippen LogP contribution in [-0.4, -0.2) is 30.8 Å². The fraction of sp³-hybridized carbons (Fsp3) is 0.643. The molecular weight excluding hydrogens is 283 g/mol. The number of hydrogen-bond acceptors (Lipinski definition) is 4. The van der Waals surface area contributed by atoms with E-state index < -0.39 is 17.3 Å². The maximum atomic E-state index is 12.9. The van der Waals surface area contributed by atoms with Crippen molar-refractivity contribution in [1.82, 2.24) is 4.98 Å². The highest BCUT2D eigenvalue weighted by atomic mass is 19.4. The summed E-state index contributed by atoms with van der Waals surface area (Å²) in [4.78, 5) is 4.17. The molecule has 1 aromatic heterocycles. The number of hydrogen-bond donors (Lipinski definition) is 2. The minimum absolute atomic E-state index is 0.172. The van der Waals surface area contributed by atoms with Gasteiger partial charge in [-0.05, 0) is 32.4 Å². The first-order valence-electron chi connectivity index (χ1n) is 6.78. The van der Waals surface area contributed by atoms with Crippen LogP contribution in [0.5, 0.6) is 0 Å². The average Bonchev–Trinajstić information content (AvgIpc) is 2.34. The monoisotopic (exact) mass is 305 g/mol. The molecule has 0 aliphatic heterocycles. The minimum Gasteiger partial charge on any atom is -0.382 e. The summed E-state index contributed by atoms with van der Waals surface area (Å²) in [5, 5.41) is 5.86. The Labute approximate surface area is 123 Å². The van der Waals surface area contributed by atoms with E-state index in [1.807, 2.05) is 20.8 Å². The van der Waals surface area contributed by atoms with E-state index in [4.69, 9.17) is 4.74 Å². The predicted molar refractivity (Wildman–Crippen MR) is 77.6 cm³/mol. The number of nitrogens with zero attached hydrogens (tertiary/aromatic N) is 1. The van der Waals surface area contributed by atoms with Crippen molar-refractivity contribution in [3.05, 3.63) is 17.7 Å². The van der Waals surface area contributed by atoms with Crippen LogP contribution in [0.2, 0.25) is 0 Å². The highest BCUT2D eigenvalue weighted by Gasteiger charge is 2.32. The standard InChI is InChI=1S/C14H22F3N3O/c1-5-6-18-11-7-10(14(15,16)17)8-12(19-11)20-13(2,3)9-21-4/h7-8H,5-6,9H2,1-4H3,(H2,18,19,20). The molecule has 1 heterocycles. The van der Waals surface area contributed by atoms with Crippen molar-refractivity contribution in [2.75, 3.05) is 30.9 Å². The van der Waals surface area contributed by atoms with Gasteiger partial charge in [0.1, 0.15) is 11.6 Å². The summed E-state index contributed by atoms with van der Waals surface area (Å²) in [5.74, 6) is 0.382. The summed E-state index contributed by atoms with van der Waals surface area (Å²) >= 11 is 0. The van der Waals surface area contributed by atoms with Crippen LogP contribution in [-0.2, 0) is 10.9 Å². The average molecular weight is 305 g/mol. The van der Waals surface area contributed by atoms with Gasteiger partial charge in [-0.3, -0.25) is 0 Å². The van der Waals surface area contributed by atoms with E-state index in [1.165, 1.54) is 7.11 Å². The van der Waals surface area contributed by atoms with Gasteiger partial charge in [0.15, 0.2) is 0 Å². The summed E-state index contributed by atoms with van der Waals surface area (Å²) in [6.45, 7) is 6.51. The van der Waals surface area contributed by atoms with E-state index >= 15 is 0 Å². The third kappa shape index (κ3) is 5.79. The molecule has 4 nitrogen and oxygen atoms in total. The lowest BCUT2D eigenvalue weighted by Crippen LogP contribution is -2.36. The van der Waals surface area contributed by atoms with Gasteiger partial charge in [-0.2, -0.15) is 13.2 Å². The molecule has 0 saturated heterocycles. The number of alkyl halides is 3. The molecule has 0 unspecified atom stereocenters. The topological polar surface area (TPSA) is 46.2 Å². The van der Waals surface area contributed by atoms with E-state index in [-0.39, 0.29) is 11.6 Å². The van der Waals surface area contributed by atoms with Crippen LogP contribution >= 0.6 is 0 Å². The van der Waals surface area contributed by atoms with Crippen LogP contribution in [0.25, 0.3) is 0 Å². The minimum atomic E-state index is -4.41. The van der Waals surface area contributed by atoms with Crippen molar-refractivity contribution in [3.63, 3.8) is 0 Å². The Bertz CT molecular complexity index is 461. The molecule has 0 atom stereocenters.